The van der Waals surface area contributed by atoms with Gasteiger partial charge in [-0.2, -0.15) is 0 Å². The third-order valence-corrected chi connectivity index (χ3v) is 3.73. The van der Waals surface area contributed by atoms with Crippen LogP contribution in [0.3, 0.4) is 0 Å². The Morgan fingerprint density at radius 2 is 1.71 bits per heavy atom. The Morgan fingerprint density at radius 1 is 0.952 bits per heavy atom. The molecule has 3 aromatic rings. The van der Waals surface area contributed by atoms with Gasteiger partial charge in [-0.05, 0) is 31.2 Å². The molecule has 0 aliphatic heterocycles. The van der Waals surface area contributed by atoms with Crippen LogP contribution in [0.25, 0.3) is 10.9 Å². The quantitative estimate of drug-likeness (QED) is 0.771. The van der Waals surface area contributed by atoms with Crippen LogP contribution in [0.4, 0.5) is 0 Å². The van der Waals surface area contributed by atoms with Crippen LogP contribution in [0.15, 0.2) is 60.7 Å². The van der Waals surface area contributed by atoms with E-state index in [-0.39, 0.29) is 6.04 Å². The number of pyridine rings is 1. The Morgan fingerprint density at radius 3 is 2.48 bits per heavy atom. The fourth-order valence-electron chi connectivity index (χ4n) is 2.60. The minimum atomic E-state index is 0.139. The van der Waals surface area contributed by atoms with E-state index in [4.69, 9.17) is 4.98 Å². The predicted octanol–water partition coefficient (Wildman–Crippen LogP) is 4.24. The summed E-state index contributed by atoms with van der Waals surface area (Å²) in [5.41, 5.74) is 4.65. The van der Waals surface area contributed by atoms with Gasteiger partial charge in [0.05, 0.1) is 17.3 Å². The molecule has 1 aromatic heterocycles. The van der Waals surface area contributed by atoms with E-state index in [0.717, 1.165) is 17.8 Å². The molecule has 1 N–H and O–H groups in total. The lowest BCUT2D eigenvalue weighted by Crippen LogP contribution is -2.22. The lowest BCUT2D eigenvalue weighted by Gasteiger charge is -2.18. The molecule has 1 heterocycles. The van der Waals surface area contributed by atoms with Crippen molar-refractivity contribution in [2.24, 2.45) is 0 Å². The SMILES string of the molecule is CCNC(c1ccc(C)cc1)c1ccc2ccccc2n1. The fraction of sp³-hybridized carbons (Fsp3) is 0.211. The molecule has 0 fully saturated rings. The van der Waals surface area contributed by atoms with E-state index in [0.29, 0.717) is 0 Å². The summed E-state index contributed by atoms with van der Waals surface area (Å²) in [5, 5.41) is 4.72. The van der Waals surface area contributed by atoms with Crippen molar-refractivity contribution in [1.29, 1.82) is 0 Å². The molecule has 0 bridgehead atoms. The maximum atomic E-state index is 4.83. The number of aryl methyl sites for hydroxylation is 1. The predicted molar refractivity (Wildman–Crippen MR) is 88.4 cm³/mol. The molecule has 2 aromatic carbocycles. The Labute approximate surface area is 125 Å². The first-order valence-electron chi connectivity index (χ1n) is 7.43. The summed E-state index contributed by atoms with van der Waals surface area (Å²) in [4.78, 5) is 4.83. The van der Waals surface area contributed by atoms with Gasteiger partial charge < -0.3 is 5.32 Å². The number of fused-ring (bicyclic) bond motifs is 1. The van der Waals surface area contributed by atoms with Crippen LogP contribution in [0.1, 0.15) is 29.8 Å². The number of aromatic nitrogens is 1. The van der Waals surface area contributed by atoms with Crippen LogP contribution in [0, 0.1) is 6.92 Å². The Kier molecular flexibility index (Phi) is 3.98. The Balaban J connectivity index is 2.04. The third-order valence-electron chi connectivity index (χ3n) is 3.73. The van der Waals surface area contributed by atoms with E-state index in [9.17, 15) is 0 Å². The number of nitrogens with one attached hydrogen (secondary N) is 1. The molecule has 106 valence electrons. The van der Waals surface area contributed by atoms with Crippen molar-refractivity contribution in [1.82, 2.24) is 10.3 Å². The van der Waals surface area contributed by atoms with Gasteiger partial charge in [0.1, 0.15) is 0 Å². The minimum absolute atomic E-state index is 0.139. The summed E-state index contributed by atoms with van der Waals surface area (Å²) < 4.78 is 0. The van der Waals surface area contributed by atoms with Crippen molar-refractivity contribution in [3.63, 3.8) is 0 Å². The van der Waals surface area contributed by atoms with Gasteiger partial charge in [-0.1, -0.05) is 61.0 Å². The lowest BCUT2D eigenvalue weighted by molar-refractivity contribution is 0.617. The molecule has 0 spiro atoms. The zero-order valence-electron chi connectivity index (χ0n) is 12.5. The fourth-order valence-corrected chi connectivity index (χ4v) is 2.60. The second-order valence-electron chi connectivity index (χ2n) is 5.33. The molecule has 1 unspecified atom stereocenters. The normalized spacial score (nSPS) is 12.5. The number of benzene rings is 2. The van der Waals surface area contributed by atoms with Gasteiger partial charge in [-0.15, -0.1) is 0 Å². The zero-order valence-corrected chi connectivity index (χ0v) is 12.5. The van der Waals surface area contributed by atoms with Crippen LogP contribution in [0.5, 0.6) is 0 Å². The lowest BCUT2D eigenvalue weighted by atomic mass is 10.0. The highest BCUT2D eigenvalue weighted by Crippen LogP contribution is 2.23. The van der Waals surface area contributed by atoms with Gasteiger partial charge in [0.2, 0.25) is 0 Å². The highest BCUT2D eigenvalue weighted by atomic mass is 14.9. The number of para-hydroxylation sites is 1. The molecule has 1 atom stereocenters. The van der Waals surface area contributed by atoms with Crippen molar-refractivity contribution in [2.45, 2.75) is 19.9 Å². The number of rotatable bonds is 4. The molecular formula is C19H20N2. The Bertz CT molecular complexity index is 732. The van der Waals surface area contributed by atoms with Crippen LogP contribution < -0.4 is 5.32 Å². The number of hydrogen-bond donors (Lipinski definition) is 1. The van der Waals surface area contributed by atoms with Crippen LogP contribution >= 0.6 is 0 Å². The number of nitrogens with zero attached hydrogens (tertiary/aromatic N) is 1. The Hall–Kier alpha value is -2.19. The van der Waals surface area contributed by atoms with Gasteiger partial charge in [0.25, 0.3) is 0 Å². The van der Waals surface area contributed by atoms with E-state index in [1.165, 1.54) is 16.5 Å². The maximum absolute atomic E-state index is 4.83. The summed E-state index contributed by atoms with van der Waals surface area (Å²) in [5.74, 6) is 0. The summed E-state index contributed by atoms with van der Waals surface area (Å²) in [6.45, 7) is 5.15. The second-order valence-corrected chi connectivity index (χ2v) is 5.33. The molecular weight excluding hydrogens is 256 g/mol. The molecule has 0 saturated heterocycles. The van der Waals surface area contributed by atoms with Crippen molar-refractivity contribution in [2.75, 3.05) is 6.54 Å². The smallest absolute Gasteiger partial charge is 0.0751 e. The first kappa shape index (κ1) is 13.8. The van der Waals surface area contributed by atoms with Crippen LogP contribution in [-0.4, -0.2) is 11.5 Å². The van der Waals surface area contributed by atoms with Gasteiger partial charge in [0, 0.05) is 5.39 Å². The third kappa shape index (κ3) is 2.96. The largest absolute Gasteiger partial charge is 0.305 e. The standard InChI is InChI=1S/C19H20N2/c1-3-20-19(16-10-8-14(2)9-11-16)18-13-12-15-6-4-5-7-17(15)21-18/h4-13,19-20H,3H2,1-2H3. The first-order chi connectivity index (χ1) is 10.3. The average Bonchev–Trinajstić information content (AvgIpc) is 2.53. The highest BCUT2D eigenvalue weighted by molar-refractivity contribution is 5.78. The van der Waals surface area contributed by atoms with Gasteiger partial charge in [0.15, 0.2) is 0 Å². The van der Waals surface area contributed by atoms with E-state index < -0.39 is 0 Å². The van der Waals surface area contributed by atoms with Gasteiger partial charge in [-0.25, -0.2) is 0 Å². The molecule has 0 saturated carbocycles. The van der Waals surface area contributed by atoms with E-state index in [1.807, 2.05) is 12.1 Å². The van der Waals surface area contributed by atoms with Crippen molar-refractivity contribution in [3.05, 3.63) is 77.5 Å². The molecule has 0 amide bonds. The summed E-state index contributed by atoms with van der Waals surface area (Å²) in [7, 11) is 0. The van der Waals surface area contributed by atoms with Crippen molar-refractivity contribution < 1.29 is 0 Å². The zero-order chi connectivity index (χ0) is 14.7. The van der Waals surface area contributed by atoms with Crippen LogP contribution in [-0.2, 0) is 0 Å². The molecule has 2 nitrogen and oxygen atoms in total. The molecule has 3 rings (SSSR count). The maximum Gasteiger partial charge on any atom is 0.0751 e. The summed E-state index contributed by atoms with van der Waals surface area (Å²) in [6.07, 6.45) is 0. The number of hydrogen-bond acceptors (Lipinski definition) is 2. The molecule has 0 aliphatic carbocycles. The van der Waals surface area contributed by atoms with Crippen molar-refractivity contribution in [3.8, 4) is 0 Å². The topological polar surface area (TPSA) is 24.9 Å². The highest BCUT2D eigenvalue weighted by Gasteiger charge is 2.14. The molecule has 0 radical (unpaired) electrons. The second kappa shape index (κ2) is 6.06. The summed E-state index contributed by atoms with van der Waals surface area (Å²) in [6, 6.07) is 21.3. The summed E-state index contributed by atoms with van der Waals surface area (Å²) >= 11 is 0. The minimum Gasteiger partial charge on any atom is -0.305 e. The molecule has 0 aliphatic rings. The molecule has 21 heavy (non-hydrogen) atoms. The average molecular weight is 276 g/mol. The van der Waals surface area contributed by atoms with Crippen molar-refractivity contribution >= 4 is 10.9 Å². The van der Waals surface area contributed by atoms with E-state index >= 15 is 0 Å². The van der Waals surface area contributed by atoms with Gasteiger partial charge in [-0.3, -0.25) is 4.98 Å². The van der Waals surface area contributed by atoms with Crippen LogP contribution in [0.2, 0.25) is 0 Å². The first-order valence-corrected chi connectivity index (χ1v) is 7.43. The molecule has 2 heteroatoms. The van der Waals surface area contributed by atoms with E-state index in [2.05, 4.69) is 67.7 Å². The monoisotopic (exact) mass is 276 g/mol. The van der Waals surface area contributed by atoms with E-state index in [1.54, 1.807) is 0 Å². The van der Waals surface area contributed by atoms with Gasteiger partial charge >= 0.3 is 0 Å².